The van der Waals surface area contributed by atoms with E-state index in [-0.39, 0.29) is 0 Å². The summed E-state index contributed by atoms with van der Waals surface area (Å²) in [7, 11) is 6.56. The maximum Gasteiger partial charge on any atom is 0.107 e. The van der Waals surface area contributed by atoms with Crippen LogP contribution in [0.3, 0.4) is 0 Å². The first-order valence-corrected chi connectivity index (χ1v) is 3.40. The van der Waals surface area contributed by atoms with E-state index in [1.165, 1.54) is 6.42 Å². The first-order valence-electron chi connectivity index (χ1n) is 2.97. The molecule has 0 aromatic carbocycles. The molecule has 0 amide bonds. The van der Waals surface area contributed by atoms with Crippen molar-refractivity contribution < 1.29 is 4.48 Å². The van der Waals surface area contributed by atoms with Crippen molar-refractivity contribution in [2.75, 3.05) is 21.1 Å². The van der Waals surface area contributed by atoms with Crippen LogP contribution in [0.25, 0.3) is 0 Å². The molecule has 0 radical (unpaired) electrons. The summed E-state index contributed by atoms with van der Waals surface area (Å²) in [6.07, 6.45) is 1.20. The molecule has 0 aliphatic heterocycles. The average molecular weight is 135 g/mol. The Bertz CT molecular complexity index is 95.2. The Morgan fingerprint density at radius 1 is 1.38 bits per heavy atom. The van der Waals surface area contributed by atoms with E-state index in [9.17, 15) is 0 Å². The molecule has 1 aliphatic rings. The Morgan fingerprint density at radius 2 is 1.75 bits per heavy atom. The second-order valence-corrected chi connectivity index (χ2v) is 4.00. The molecule has 0 spiro atoms. The third-order valence-electron chi connectivity index (χ3n) is 1.68. The smallest absolute Gasteiger partial charge is 0.107 e. The molecule has 0 N–H and O–H groups in total. The molecule has 1 saturated carbocycles. The molecule has 0 aromatic rings. The molecule has 2 heteroatoms. The Labute approximate surface area is 55.8 Å². The standard InChI is InChI=1S/C6H13ClN/c1-8(2,3)6-4-5(6)7/h5-6H,4H2,1-3H3/q+1. The second-order valence-electron chi connectivity index (χ2n) is 3.44. The lowest BCUT2D eigenvalue weighted by Gasteiger charge is -2.23. The maximum absolute atomic E-state index is 5.82. The van der Waals surface area contributed by atoms with Crippen LogP contribution >= 0.6 is 11.6 Å². The Hall–Kier alpha value is 0.250. The van der Waals surface area contributed by atoms with Gasteiger partial charge in [-0.25, -0.2) is 0 Å². The van der Waals surface area contributed by atoms with E-state index in [0.717, 1.165) is 10.5 Å². The summed E-state index contributed by atoms with van der Waals surface area (Å²) in [5.74, 6) is 0. The van der Waals surface area contributed by atoms with Crippen LogP contribution in [0.5, 0.6) is 0 Å². The molecule has 2 unspecified atom stereocenters. The molecular weight excluding hydrogens is 122 g/mol. The molecule has 0 heterocycles. The van der Waals surface area contributed by atoms with Gasteiger partial charge in [-0.05, 0) is 0 Å². The summed E-state index contributed by atoms with van der Waals surface area (Å²) < 4.78 is 1.02. The summed E-state index contributed by atoms with van der Waals surface area (Å²) >= 11 is 5.82. The molecule has 0 saturated heterocycles. The van der Waals surface area contributed by atoms with Crippen molar-refractivity contribution in [1.29, 1.82) is 0 Å². The fourth-order valence-corrected chi connectivity index (χ4v) is 1.47. The number of alkyl halides is 1. The van der Waals surface area contributed by atoms with Gasteiger partial charge >= 0.3 is 0 Å². The molecule has 48 valence electrons. The monoisotopic (exact) mass is 134 g/mol. The van der Waals surface area contributed by atoms with E-state index in [4.69, 9.17) is 11.6 Å². The number of hydrogen-bond donors (Lipinski definition) is 0. The number of hydrogen-bond acceptors (Lipinski definition) is 0. The predicted octanol–water partition coefficient (Wildman–Crippen LogP) is 1.07. The molecule has 1 nitrogen and oxygen atoms in total. The summed E-state index contributed by atoms with van der Waals surface area (Å²) in [6, 6.07) is 0.719. The fourth-order valence-electron chi connectivity index (χ4n) is 0.954. The fraction of sp³-hybridized carbons (Fsp3) is 1.00. The minimum Gasteiger partial charge on any atom is -0.327 e. The van der Waals surface area contributed by atoms with E-state index in [1.807, 2.05) is 0 Å². The van der Waals surface area contributed by atoms with Gasteiger partial charge in [0.2, 0.25) is 0 Å². The lowest BCUT2D eigenvalue weighted by atomic mass is 10.5. The van der Waals surface area contributed by atoms with Crippen molar-refractivity contribution in [3.8, 4) is 0 Å². The van der Waals surface area contributed by atoms with Gasteiger partial charge in [-0.15, -0.1) is 11.6 Å². The van der Waals surface area contributed by atoms with Crippen LogP contribution < -0.4 is 0 Å². The van der Waals surface area contributed by atoms with Crippen LogP contribution in [-0.4, -0.2) is 37.0 Å². The molecular formula is C6H13ClN+. The highest BCUT2D eigenvalue weighted by Gasteiger charge is 2.46. The van der Waals surface area contributed by atoms with Crippen molar-refractivity contribution >= 4 is 11.6 Å². The summed E-state index contributed by atoms with van der Waals surface area (Å²) in [4.78, 5) is 0. The van der Waals surface area contributed by atoms with Gasteiger partial charge in [-0.3, -0.25) is 0 Å². The van der Waals surface area contributed by atoms with Crippen molar-refractivity contribution in [1.82, 2.24) is 0 Å². The van der Waals surface area contributed by atoms with Gasteiger partial charge in [-0.2, -0.15) is 0 Å². The minimum atomic E-state index is 0.454. The average Bonchev–Trinajstić information content (AvgIpc) is 2.13. The highest BCUT2D eigenvalue weighted by atomic mass is 35.5. The van der Waals surface area contributed by atoms with Crippen LogP contribution in [0.4, 0.5) is 0 Å². The van der Waals surface area contributed by atoms with E-state index in [1.54, 1.807) is 0 Å². The van der Waals surface area contributed by atoms with E-state index < -0.39 is 0 Å². The summed E-state index contributed by atoms with van der Waals surface area (Å²) in [6.45, 7) is 0. The van der Waals surface area contributed by atoms with Crippen molar-refractivity contribution in [3.63, 3.8) is 0 Å². The zero-order valence-corrected chi connectivity index (χ0v) is 6.44. The van der Waals surface area contributed by atoms with Gasteiger partial charge in [0.05, 0.1) is 26.5 Å². The topological polar surface area (TPSA) is 0 Å². The molecule has 1 aliphatic carbocycles. The predicted molar refractivity (Wildman–Crippen MR) is 36.1 cm³/mol. The largest absolute Gasteiger partial charge is 0.327 e. The van der Waals surface area contributed by atoms with E-state index in [2.05, 4.69) is 21.1 Å². The Morgan fingerprint density at radius 3 is 1.75 bits per heavy atom. The number of rotatable bonds is 1. The van der Waals surface area contributed by atoms with Crippen molar-refractivity contribution in [2.45, 2.75) is 17.8 Å². The normalized spacial score (nSPS) is 37.5. The SMILES string of the molecule is C[N+](C)(C)C1CC1Cl. The van der Waals surface area contributed by atoms with Gasteiger partial charge in [0, 0.05) is 6.42 Å². The van der Waals surface area contributed by atoms with Gasteiger partial charge in [0.1, 0.15) is 6.04 Å². The van der Waals surface area contributed by atoms with E-state index in [0.29, 0.717) is 5.38 Å². The van der Waals surface area contributed by atoms with Crippen LogP contribution in [0.15, 0.2) is 0 Å². The molecule has 0 bridgehead atoms. The lowest BCUT2D eigenvalue weighted by Crippen LogP contribution is -2.38. The van der Waals surface area contributed by atoms with Gasteiger partial charge in [0.15, 0.2) is 0 Å². The molecule has 0 aromatic heterocycles. The van der Waals surface area contributed by atoms with Gasteiger partial charge < -0.3 is 4.48 Å². The number of nitrogens with zero attached hydrogens (tertiary/aromatic N) is 1. The quantitative estimate of drug-likeness (QED) is 0.372. The lowest BCUT2D eigenvalue weighted by molar-refractivity contribution is -0.881. The van der Waals surface area contributed by atoms with Crippen LogP contribution in [-0.2, 0) is 0 Å². The second kappa shape index (κ2) is 1.61. The zero-order valence-electron chi connectivity index (χ0n) is 5.69. The van der Waals surface area contributed by atoms with Crippen molar-refractivity contribution in [3.05, 3.63) is 0 Å². The first kappa shape index (κ1) is 6.37. The number of quaternary nitrogens is 1. The molecule has 8 heavy (non-hydrogen) atoms. The highest BCUT2D eigenvalue weighted by molar-refractivity contribution is 6.22. The molecule has 2 atom stereocenters. The zero-order chi connectivity index (χ0) is 6.36. The molecule has 1 rings (SSSR count). The van der Waals surface area contributed by atoms with Gasteiger partial charge in [-0.1, -0.05) is 0 Å². The van der Waals surface area contributed by atoms with Crippen LogP contribution in [0.1, 0.15) is 6.42 Å². The first-order chi connectivity index (χ1) is 3.52. The van der Waals surface area contributed by atoms with E-state index >= 15 is 0 Å². The highest BCUT2D eigenvalue weighted by Crippen LogP contribution is 2.34. The summed E-state index contributed by atoms with van der Waals surface area (Å²) in [5.41, 5.74) is 0. The van der Waals surface area contributed by atoms with Crippen LogP contribution in [0, 0.1) is 0 Å². The Kier molecular flexibility index (Phi) is 1.28. The third-order valence-corrected chi connectivity index (χ3v) is 2.15. The van der Waals surface area contributed by atoms with Crippen molar-refractivity contribution in [2.24, 2.45) is 0 Å². The minimum absolute atomic E-state index is 0.454. The third kappa shape index (κ3) is 1.15. The maximum atomic E-state index is 5.82. The summed E-state index contributed by atoms with van der Waals surface area (Å²) in [5, 5.41) is 0.454. The van der Waals surface area contributed by atoms with Gasteiger partial charge in [0.25, 0.3) is 0 Å². The van der Waals surface area contributed by atoms with Crippen LogP contribution in [0.2, 0.25) is 0 Å². The number of halogens is 1. The molecule has 1 fully saturated rings. The Balaban J connectivity index is 2.39.